The third-order valence-electron chi connectivity index (χ3n) is 12.3. The topological polar surface area (TPSA) is 97.7 Å². The van der Waals surface area contributed by atoms with Gasteiger partial charge in [-0.3, -0.25) is 9.59 Å². The molecule has 0 bridgehead atoms. The zero-order chi connectivity index (χ0) is 38.7. The molecule has 0 atom stereocenters. The van der Waals surface area contributed by atoms with E-state index in [0.29, 0.717) is 18.1 Å². The Morgan fingerprint density at radius 3 is 1.93 bits per heavy atom. The minimum Gasteiger partial charge on any atom is -0.361 e. The lowest BCUT2D eigenvalue weighted by molar-refractivity contribution is -0.132. The first-order chi connectivity index (χ1) is 25.9. The number of fused-ring (bicyclic) bond motifs is 1. The molecule has 54 heavy (non-hydrogen) atoms. The van der Waals surface area contributed by atoms with Gasteiger partial charge in [0.15, 0.2) is 0 Å². The van der Waals surface area contributed by atoms with E-state index in [1.165, 1.54) is 34.9 Å². The average Bonchev–Trinajstić information content (AvgIpc) is 3.59. The standard InChI is InChI=1S/C30H39ClN4O2.C15H24N2/c1-34(2)30(20-22-8-10-24(31)11-9-22)17-14-25(15-18-30)33-28(36)12-13-29(37)35(3)19-16-23-21-32-27-7-5-4-6-26(23)27;1-17(2)15(10-8-14(16)9-11-15)12-13-6-4-3-5-7-13/h4-11,21,25,32H,12-20H2,1-3H3,(H,33,36);3-7,14H,8-12,16H2,1-2H3. The fraction of sp³-hybridized carbons (Fsp3) is 0.511. The summed E-state index contributed by atoms with van der Waals surface area (Å²) in [6.45, 7) is 0.630. The molecular formula is C45H63ClN6O2. The number of H-pyrrole nitrogens is 1. The number of aromatic nitrogens is 1. The predicted octanol–water partition coefficient (Wildman–Crippen LogP) is 7.64. The lowest BCUT2D eigenvalue weighted by Crippen LogP contribution is -2.52. The van der Waals surface area contributed by atoms with Crippen LogP contribution in [0.1, 0.15) is 80.9 Å². The number of halogens is 1. The summed E-state index contributed by atoms with van der Waals surface area (Å²) in [5.74, 6) is -0.0216. The SMILES string of the molecule is CN(C)C1(Cc2ccccc2)CCC(N)CC1.CN(CCc1c[nH]c2ccccc12)C(=O)CCC(=O)NC1CCC(Cc2ccc(Cl)cc2)(N(C)C)CC1. The number of nitrogens with zero attached hydrogens (tertiary/aromatic N) is 3. The van der Waals surface area contributed by atoms with E-state index in [9.17, 15) is 9.59 Å². The van der Waals surface area contributed by atoms with Gasteiger partial charge in [-0.2, -0.15) is 0 Å². The molecule has 0 spiro atoms. The van der Waals surface area contributed by atoms with Gasteiger partial charge in [0.1, 0.15) is 0 Å². The first-order valence-corrected chi connectivity index (χ1v) is 20.2. The van der Waals surface area contributed by atoms with Gasteiger partial charge in [-0.25, -0.2) is 0 Å². The van der Waals surface area contributed by atoms with Crippen LogP contribution in [0, 0.1) is 0 Å². The number of para-hydroxylation sites is 1. The van der Waals surface area contributed by atoms with Crippen molar-refractivity contribution in [3.63, 3.8) is 0 Å². The van der Waals surface area contributed by atoms with Crippen LogP contribution in [0.3, 0.4) is 0 Å². The highest BCUT2D eigenvalue weighted by molar-refractivity contribution is 6.30. The number of hydrogen-bond acceptors (Lipinski definition) is 5. The Bertz CT molecular complexity index is 1760. The Balaban J connectivity index is 0.000000274. The Morgan fingerprint density at radius 2 is 1.31 bits per heavy atom. The summed E-state index contributed by atoms with van der Waals surface area (Å²) in [7, 11) is 10.5. The quantitative estimate of drug-likeness (QED) is 0.131. The number of nitrogens with two attached hydrogens (primary N) is 1. The number of rotatable bonds is 13. The summed E-state index contributed by atoms with van der Waals surface area (Å²) in [4.78, 5) is 35.0. The van der Waals surface area contributed by atoms with Gasteiger partial charge in [0, 0.05) is 71.7 Å². The fourth-order valence-electron chi connectivity index (χ4n) is 8.46. The Labute approximate surface area is 328 Å². The van der Waals surface area contributed by atoms with Gasteiger partial charge in [-0.05, 0) is 134 Å². The van der Waals surface area contributed by atoms with Crippen LogP contribution in [0.25, 0.3) is 10.9 Å². The van der Waals surface area contributed by atoms with Gasteiger partial charge >= 0.3 is 0 Å². The average molecular weight is 755 g/mol. The number of aromatic amines is 1. The van der Waals surface area contributed by atoms with Gasteiger partial charge in [-0.15, -0.1) is 0 Å². The van der Waals surface area contributed by atoms with E-state index in [4.69, 9.17) is 17.3 Å². The van der Waals surface area contributed by atoms with Crippen molar-refractivity contribution in [1.82, 2.24) is 25.0 Å². The van der Waals surface area contributed by atoms with Crippen molar-refractivity contribution in [2.75, 3.05) is 41.8 Å². The summed E-state index contributed by atoms with van der Waals surface area (Å²) in [6.07, 6.45) is 14.0. The van der Waals surface area contributed by atoms with Gasteiger partial charge in [0.2, 0.25) is 11.8 Å². The summed E-state index contributed by atoms with van der Waals surface area (Å²) in [6, 6.07) is 27.7. The van der Waals surface area contributed by atoms with Gasteiger partial charge in [-0.1, -0.05) is 72.3 Å². The zero-order valence-electron chi connectivity index (χ0n) is 33.3. The van der Waals surface area contributed by atoms with Crippen molar-refractivity contribution in [2.24, 2.45) is 5.73 Å². The fourth-order valence-corrected chi connectivity index (χ4v) is 8.59. The molecular weight excluding hydrogens is 692 g/mol. The second kappa shape index (κ2) is 19.3. The molecule has 4 aromatic rings. The highest BCUT2D eigenvalue weighted by Crippen LogP contribution is 2.36. The maximum atomic E-state index is 12.6. The predicted molar refractivity (Wildman–Crippen MR) is 224 cm³/mol. The molecule has 2 aliphatic rings. The number of nitrogens with one attached hydrogen (secondary N) is 2. The lowest BCUT2D eigenvalue weighted by Gasteiger charge is -2.45. The molecule has 6 rings (SSSR count). The largest absolute Gasteiger partial charge is 0.361 e. The smallest absolute Gasteiger partial charge is 0.222 e. The van der Waals surface area contributed by atoms with Crippen LogP contribution in [0.4, 0.5) is 0 Å². The minimum atomic E-state index is -0.0292. The zero-order valence-corrected chi connectivity index (χ0v) is 34.0. The van der Waals surface area contributed by atoms with E-state index in [2.05, 4.69) is 103 Å². The molecule has 0 aliphatic heterocycles. The Hall–Kier alpha value is -3.69. The maximum absolute atomic E-state index is 12.6. The van der Waals surface area contributed by atoms with Gasteiger partial charge in [0.25, 0.3) is 0 Å². The molecule has 292 valence electrons. The third-order valence-corrected chi connectivity index (χ3v) is 12.6. The van der Waals surface area contributed by atoms with E-state index in [1.54, 1.807) is 4.90 Å². The highest BCUT2D eigenvalue weighted by Gasteiger charge is 2.38. The van der Waals surface area contributed by atoms with Crippen molar-refractivity contribution < 1.29 is 9.59 Å². The third kappa shape index (κ3) is 11.2. The van der Waals surface area contributed by atoms with Crippen molar-refractivity contribution in [1.29, 1.82) is 0 Å². The second-order valence-electron chi connectivity index (χ2n) is 16.3. The maximum Gasteiger partial charge on any atom is 0.222 e. The van der Waals surface area contributed by atoms with E-state index >= 15 is 0 Å². The second-order valence-corrected chi connectivity index (χ2v) is 16.7. The molecule has 2 fully saturated rings. The normalized spacial score (nSPS) is 22.8. The molecule has 4 N–H and O–H groups in total. The van der Waals surface area contributed by atoms with Crippen molar-refractivity contribution in [2.45, 2.75) is 107 Å². The first-order valence-electron chi connectivity index (χ1n) is 19.9. The summed E-state index contributed by atoms with van der Waals surface area (Å²) in [5.41, 5.74) is 11.5. The van der Waals surface area contributed by atoms with E-state index in [0.717, 1.165) is 68.3 Å². The highest BCUT2D eigenvalue weighted by atomic mass is 35.5. The van der Waals surface area contributed by atoms with Crippen LogP contribution in [-0.2, 0) is 28.9 Å². The molecule has 8 nitrogen and oxygen atoms in total. The first kappa shape index (κ1) is 41.5. The molecule has 2 aliphatic carbocycles. The molecule has 0 unspecified atom stereocenters. The summed E-state index contributed by atoms with van der Waals surface area (Å²) in [5, 5.41) is 5.14. The van der Waals surface area contributed by atoms with Crippen LogP contribution >= 0.6 is 11.6 Å². The van der Waals surface area contributed by atoms with Crippen molar-refractivity contribution in [3.8, 4) is 0 Å². The lowest BCUT2D eigenvalue weighted by atomic mass is 9.75. The number of benzene rings is 3. The summed E-state index contributed by atoms with van der Waals surface area (Å²) >= 11 is 6.06. The number of carbonyl (C=O) groups is 2. The number of amides is 2. The molecule has 1 heterocycles. The van der Waals surface area contributed by atoms with Gasteiger partial charge in [0.05, 0.1) is 0 Å². The van der Waals surface area contributed by atoms with Crippen LogP contribution in [0.15, 0.2) is 85.1 Å². The molecule has 3 aromatic carbocycles. The van der Waals surface area contributed by atoms with Crippen LogP contribution in [-0.4, -0.2) is 96.4 Å². The van der Waals surface area contributed by atoms with Crippen molar-refractivity contribution >= 4 is 34.3 Å². The van der Waals surface area contributed by atoms with Gasteiger partial charge < -0.3 is 30.7 Å². The molecule has 9 heteroatoms. The number of carbonyl (C=O) groups excluding carboxylic acids is 2. The molecule has 0 radical (unpaired) electrons. The Morgan fingerprint density at radius 1 is 0.759 bits per heavy atom. The molecule has 2 amide bonds. The van der Waals surface area contributed by atoms with Crippen LogP contribution in [0.5, 0.6) is 0 Å². The number of likely N-dealkylation sites (N-methyl/N-ethyl adjacent to an activating group) is 3. The molecule has 0 saturated heterocycles. The van der Waals surface area contributed by atoms with Crippen molar-refractivity contribution in [3.05, 3.63) is 107 Å². The minimum absolute atomic E-state index is 0.00762. The molecule has 2 saturated carbocycles. The monoisotopic (exact) mass is 754 g/mol. The summed E-state index contributed by atoms with van der Waals surface area (Å²) < 4.78 is 0. The Kier molecular flexibility index (Phi) is 14.8. The van der Waals surface area contributed by atoms with E-state index in [-0.39, 0.29) is 36.2 Å². The van der Waals surface area contributed by atoms with E-state index < -0.39 is 0 Å². The van der Waals surface area contributed by atoms with E-state index in [1.807, 2.05) is 37.5 Å². The molecule has 1 aromatic heterocycles. The van der Waals surface area contributed by atoms with Crippen LogP contribution in [0.2, 0.25) is 5.02 Å². The number of hydrogen-bond donors (Lipinski definition) is 3. The van der Waals surface area contributed by atoms with Crippen LogP contribution < -0.4 is 11.1 Å².